The van der Waals surface area contributed by atoms with Crippen molar-refractivity contribution in [1.29, 1.82) is 0 Å². The fourth-order valence-electron chi connectivity index (χ4n) is 10.0. The quantitative estimate of drug-likeness (QED) is 0.0956. The molecule has 0 aliphatic rings. The summed E-state index contributed by atoms with van der Waals surface area (Å²) in [5.74, 6) is 0.272. The van der Waals surface area contributed by atoms with E-state index in [9.17, 15) is 12.3 Å². The maximum Gasteiger partial charge on any atom is 0.268 e. The average Bonchev–Trinajstić information content (AvgIpc) is 1.26. The van der Waals surface area contributed by atoms with Crippen molar-refractivity contribution >= 4 is 32.8 Å². The van der Waals surface area contributed by atoms with Gasteiger partial charge in [0, 0.05) is 54.0 Å². The van der Waals surface area contributed by atoms with E-state index in [1.54, 1.807) is 63.7 Å². The number of para-hydroxylation sites is 2. The summed E-state index contributed by atoms with van der Waals surface area (Å²) in [5, 5.41) is 1.34. The summed E-state index contributed by atoms with van der Waals surface area (Å²) in [4.78, 5) is 4.69. The standard InChI is InChI=1S/C77H56N4O.Pt/c1-52-43-75(78-50-70(52)57-27-15-8-16-28-57)81-71-34-18-17-31-68(71)69-41-40-65(49-73(69)81)82-64-30-19-29-63(48-64)79-51-80(72-42-37-58(47-74(72)79)55-35-38-62(39-36-55)77(2,3)4)76-66(56-25-13-7-14-26-56)32-20-33-67(76)61-45-59(53-21-9-5-10-22-53)44-60(46-61)54-23-11-6-12-24-54;/h5-47,50H,1-4H3;/q-2;/i1D3,5D,6D,7D,8D,9D,10D,11D,12D,13D,14D,15D,16D,21D,22D,23D,24D,25D,26D,27D,28D,44D,45D,46D;. The van der Waals surface area contributed by atoms with Crippen molar-refractivity contribution in [3.05, 3.63) is 296 Å². The molecule has 0 unspecified atom stereocenters. The molecule has 0 spiro atoms. The van der Waals surface area contributed by atoms with Crippen LogP contribution in [0.15, 0.2) is 266 Å². The second-order valence-electron chi connectivity index (χ2n) is 20.0. The average molecular weight is 1270 g/mol. The van der Waals surface area contributed by atoms with Crippen LogP contribution in [-0.2, 0) is 26.5 Å². The minimum absolute atomic E-state index is 0. The van der Waals surface area contributed by atoms with E-state index in [-0.39, 0.29) is 88.5 Å². The van der Waals surface area contributed by atoms with Crippen LogP contribution in [0.25, 0.3) is 117 Å². The molecule has 3 heterocycles. The molecule has 14 aromatic rings. The van der Waals surface area contributed by atoms with Crippen molar-refractivity contribution in [2.75, 3.05) is 0 Å². The smallest absolute Gasteiger partial charge is 0.268 e. The Kier molecular flexibility index (Phi) is 8.20. The molecule has 402 valence electrons. The fourth-order valence-corrected chi connectivity index (χ4v) is 10.0. The van der Waals surface area contributed by atoms with Gasteiger partial charge in [0.2, 0.25) is 0 Å². The second-order valence-corrected chi connectivity index (χ2v) is 20.0. The largest absolute Gasteiger partial charge is 0.510 e. The first-order valence-corrected chi connectivity index (χ1v) is 25.8. The predicted molar refractivity (Wildman–Crippen MR) is 336 cm³/mol. The van der Waals surface area contributed by atoms with Crippen LogP contribution in [0, 0.1) is 25.3 Å². The second kappa shape index (κ2) is 22.0. The number of fused-ring (bicyclic) bond motifs is 4. The number of nitrogens with zero attached hydrogens (tertiary/aromatic N) is 4. The zero-order valence-electron chi connectivity index (χ0n) is 70.1. The number of imidazole rings is 1. The van der Waals surface area contributed by atoms with Gasteiger partial charge in [-0.25, -0.2) is 4.98 Å². The maximum atomic E-state index is 10.3. The van der Waals surface area contributed by atoms with Crippen LogP contribution in [-0.4, -0.2) is 14.1 Å². The molecule has 0 amide bonds. The van der Waals surface area contributed by atoms with Gasteiger partial charge < -0.3 is 13.9 Å². The Balaban J connectivity index is 0.0000105. The molecule has 0 aliphatic carbocycles. The summed E-state index contributed by atoms with van der Waals surface area (Å²) in [7, 11) is 0. The molecule has 14 rings (SSSR count). The monoisotopic (exact) mass is 1270 g/mol. The molecule has 0 bridgehead atoms. The van der Waals surface area contributed by atoms with Gasteiger partial charge in [-0.15, -0.1) is 29.7 Å². The van der Waals surface area contributed by atoms with E-state index in [0.717, 1.165) is 11.1 Å². The number of hydrogen-bond donors (Lipinski definition) is 0. The molecule has 83 heavy (non-hydrogen) atoms. The van der Waals surface area contributed by atoms with E-state index in [1.807, 2.05) is 42.5 Å². The Bertz CT molecular complexity index is 6030. The van der Waals surface area contributed by atoms with Gasteiger partial charge in [0.05, 0.1) is 48.2 Å². The number of aromatic nitrogens is 4. The van der Waals surface area contributed by atoms with E-state index in [1.165, 1.54) is 35.0 Å². The fraction of sp³-hybridized carbons (Fsp3) is 0.0649. The van der Waals surface area contributed by atoms with Crippen molar-refractivity contribution < 1.29 is 66.0 Å². The third kappa shape index (κ3) is 10.1. The molecule has 0 saturated carbocycles. The van der Waals surface area contributed by atoms with Gasteiger partial charge >= 0.3 is 0 Å². The van der Waals surface area contributed by atoms with Gasteiger partial charge in [0.25, 0.3) is 6.33 Å². The first-order chi connectivity index (χ1) is 51.0. The molecule has 5 nitrogen and oxygen atoms in total. The molecule has 0 saturated heterocycles. The Morgan fingerprint density at radius 1 is 0.506 bits per heavy atom. The number of aryl methyl sites for hydroxylation is 1. The van der Waals surface area contributed by atoms with Crippen LogP contribution in [0.5, 0.6) is 11.5 Å². The normalized spacial score (nSPS) is 16.1. The van der Waals surface area contributed by atoms with E-state index >= 15 is 0 Å². The molecule has 6 heteroatoms. The van der Waals surface area contributed by atoms with E-state index in [4.69, 9.17) is 33.0 Å². The van der Waals surface area contributed by atoms with Gasteiger partial charge in [0.15, 0.2) is 0 Å². The van der Waals surface area contributed by atoms with Crippen molar-refractivity contribution in [2.45, 2.75) is 33.0 Å². The molecular formula is C77H56N4OPt-2. The van der Waals surface area contributed by atoms with Crippen LogP contribution in [0.3, 0.4) is 0 Å². The summed E-state index contributed by atoms with van der Waals surface area (Å²) in [5.41, 5.74) is -1.24. The summed E-state index contributed by atoms with van der Waals surface area (Å²) in [6.45, 7) is 3.34. The van der Waals surface area contributed by atoms with Crippen molar-refractivity contribution in [3.8, 4) is 95.5 Å². The van der Waals surface area contributed by atoms with Gasteiger partial charge in [0.1, 0.15) is 5.82 Å². The Hall–Kier alpha value is -9.67. The molecule has 11 aromatic carbocycles. The van der Waals surface area contributed by atoms with Gasteiger partial charge in [-0.05, 0) is 132 Å². The van der Waals surface area contributed by atoms with Crippen LogP contribution in [0.2, 0.25) is 0 Å². The molecule has 0 N–H and O–H groups in total. The van der Waals surface area contributed by atoms with Crippen molar-refractivity contribution in [1.82, 2.24) is 14.1 Å². The summed E-state index contributed by atoms with van der Waals surface area (Å²) in [6.07, 6.45) is 4.59. The third-order valence-electron chi connectivity index (χ3n) is 13.9. The topological polar surface area (TPSA) is 35.9 Å². The van der Waals surface area contributed by atoms with Gasteiger partial charge in [-0.2, -0.15) is 18.2 Å². The first kappa shape index (κ1) is 31.0. The Morgan fingerprint density at radius 2 is 1.10 bits per heavy atom. The van der Waals surface area contributed by atoms with Crippen molar-refractivity contribution in [2.24, 2.45) is 0 Å². The Labute approximate surface area is 535 Å². The molecule has 0 radical (unpaired) electrons. The summed E-state index contributed by atoms with van der Waals surface area (Å²) in [6, 6.07) is 22.8. The summed E-state index contributed by atoms with van der Waals surface area (Å²) < 4.78 is 245. The third-order valence-corrected chi connectivity index (χ3v) is 13.9. The first-order valence-electron chi connectivity index (χ1n) is 38.8. The van der Waals surface area contributed by atoms with Gasteiger partial charge in [-0.1, -0.05) is 220 Å². The van der Waals surface area contributed by atoms with Crippen molar-refractivity contribution in [3.63, 3.8) is 0 Å². The van der Waals surface area contributed by atoms with Crippen LogP contribution in [0.1, 0.15) is 67.5 Å². The number of pyridine rings is 1. The van der Waals surface area contributed by atoms with E-state index in [0.29, 0.717) is 32.9 Å². The number of rotatable bonds is 11. The van der Waals surface area contributed by atoms with Crippen LogP contribution in [0.4, 0.5) is 0 Å². The van der Waals surface area contributed by atoms with Crippen LogP contribution >= 0.6 is 0 Å². The SMILES string of the molecule is [2H]c1c([2H])c([2H])c(-c2cnc(-n3c4[c-]c(Oc5[c-]c(-n6[c-][n+](-c7c(-c8c([2H])c([2H])c([2H])c([2H])c8[2H])cccc7-c7c([2H])c(-c8c([2H])c([2H])c([2H])c([2H])c8[2H])c([2H])c(-c8c([2H])c([2H])c([2H])c([2H])c8[2H])c7[2H])c7ccc(-c8ccc(C(C)(C)C)cc8)cc76)ccc5)ccc4c4ccccc43)cc2C([2H])([2H])[2H])c([2H])c1[2H].[Pt]. The van der Waals surface area contributed by atoms with Gasteiger partial charge in [-0.3, -0.25) is 4.57 Å². The predicted octanol–water partition coefficient (Wildman–Crippen LogP) is 19.2. The molecule has 3 aromatic heterocycles. The zero-order valence-corrected chi connectivity index (χ0v) is 46.4. The minimum Gasteiger partial charge on any atom is -0.510 e. The van der Waals surface area contributed by atoms with E-state index in [2.05, 4.69) is 39.2 Å². The van der Waals surface area contributed by atoms with E-state index < -0.39 is 179 Å². The number of hydrogen-bond acceptors (Lipinski definition) is 2. The Morgan fingerprint density at radius 3 is 1.76 bits per heavy atom. The maximum absolute atomic E-state index is 10.3. The molecule has 0 fully saturated rings. The number of benzene rings is 11. The molecule has 0 atom stereocenters. The molecule has 0 aliphatic heterocycles. The number of ether oxygens (including phenoxy) is 1. The molecular weight excluding hydrogens is 1190 g/mol. The summed E-state index contributed by atoms with van der Waals surface area (Å²) >= 11 is 0. The zero-order chi connectivity index (χ0) is 77.8. The minimum atomic E-state index is -2.90. The van der Waals surface area contributed by atoms with Crippen LogP contribution < -0.4 is 9.30 Å².